The molecule has 4 bridgehead atoms. The number of hydrogen-bond acceptors (Lipinski definition) is 5. The Bertz CT molecular complexity index is 1170. The van der Waals surface area contributed by atoms with Crippen molar-refractivity contribution in [1.29, 1.82) is 0 Å². The van der Waals surface area contributed by atoms with Crippen molar-refractivity contribution in [2.75, 3.05) is 11.9 Å². The number of anilines is 1. The zero-order valence-electron chi connectivity index (χ0n) is 22.4. The van der Waals surface area contributed by atoms with Gasteiger partial charge in [0.2, 0.25) is 23.6 Å². The van der Waals surface area contributed by atoms with E-state index in [0.717, 1.165) is 56.3 Å². The molecule has 1 saturated heterocycles. The third kappa shape index (κ3) is 5.08. The van der Waals surface area contributed by atoms with Gasteiger partial charge in [-0.25, -0.2) is 0 Å². The maximum absolute atomic E-state index is 13.1. The minimum absolute atomic E-state index is 0.111. The number of piperidine rings is 1. The first-order valence-corrected chi connectivity index (χ1v) is 14.7. The summed E-state index contributed by atoms with van der Waals surface area (Å²) in [5.41, 5.74) is 1.66. The molecule has 5 fully saturated rings. The molecule has 1 aromatic rings. The molecule has 3 N–H and O–H groups in total. The Morgan fingerprint density at radius 1 is 0.974 bits per heavy atom. The Balaban J connectivity index is 0.941. The van der Waals surface area contributed by atoms with Crippen molar-refractivity contribution < 1.29 is 24.0 Å². The highest BCUT2D eigenvalue weighted by molar-refractivity contribution is 6.06. The molecular weight excluding hydrogens is 496 g/mol. The Hall–Kier alpha value is -3.23. The van der Waals surface area contributed by atoms with E-state index in [0.29, 0.717) is 36.2 Å². The molecule has 2 aliphatic heterocycles. The summed E-state index contributed by atoms with van der Waals surface area (Å²) in [5.74, 6) is 1.38. The van der Waals surface area contributed by atoms with Gasteiger partial charge in [0, 0.05) is 48.2 Å². The number of rotatable bonds is 9. The fraction of sp³-hybridized carbons (Fsp3) is 0.633. The van der Waals surface area contributed by atoms with Gasteiger partial charge < -0.3 is 15.5 Å². The number of nitrogens with zero attached hydrogens (tertiary/aromatic N) is 1. The van der Waals surface area contributed by atoms with Crippen LogP contribution >= 0.6 is 0 Å². The van der Waals surface area contributed by atoms with E-state index < -0.39 is 11.9 Å². The predicted molar refractivity (Wildman–Crippen MR) is 143 cm³/mol. The summed E-state index contributed by atoms with van der Waals surface area (Å²) < 4.78 is 0. The quantitative estimate of drug-likeness (QED) is 0.331. The summed E-state index contributed by atoms with van der Waals surface area (Å²) in [6.45, 7) is 0.882. The van der Waals surface area contributed by atoms with E-state index >= 15 is 0 Å². The molecular formula is C30H38N4O5. The van der Waals surface area contributed by atoms with Gasteiger partial charge in [0.1, 0.15) is 6.04 Å². The average molecular weight is 535 g/mol. The second-order valence-electron chi connectivity index (χ2n) is 12.5. The second kappa shape index (κ2) is 10.4. The van der Waals surface area contributed by atoms with Gasteiger partial charge >= 0.3 is 0 Å². The van der Waals surface area contributed by atoms with Crippen molar-refractivity contribution in [2.24, 2.45) is 23.2 Å². The lowest BCUT2D eigenvalue weighted by molar-refractivity contribution is -0.146. The number of amides is 5. The summed E-state index contributed by atoms with van der Waals surface area (Å²) >= 11 is 0. The molecule has 0 spiro atoms. The lowest BCUT2D eigenvalue weighted by atomic mass is 9.49. The molecule has 4 saturated carbocycles. The van der Waals surface area contributed by atoms with E-state index in [1.807, 2.05) is 0 Å². The van der Waals surface area contributed by atoms with Gasteiger partial charge in [0.05, 0.1) is 0 Å². The third-order valence-electron chi connectivity index (χ3n) is 9.74. The van der Waals surface area contributed by atoms with Crippen molar-refractivity contribution in [2.45, 2.75) is 89.6 Å². The molecule has 1 aromatic carbocycles. The topological polar surface area (TPSA) is 125 Å². The van der Waals surface area contributed by atoms with Crippen LogP contribution in [0.2, 0.25) is 0 Å². The number of carbonyl (C=O) groups excluding carboxylic acids is 5. The van der Waals surface area contributed by atoms with Crippen LogP contribution in [-0.2, 0) is 25.7 Å². The highest BCUT2D eigenvalue weighted by atomic mass is 16.2. The first-order valence-electron chi connectivity index (χ1n) is 14.7. The minimum Gasteiger partial charge on any atom is -0.356 e. The average Bonchev–Trinajstić information content (AvgIpc) is 3.22. The van der Waals surface area contributed by atoms with E-state index in [1.54, 1.807) is 18.2 Å². The molecule has 0 radical (unpaired) electrons. The molecule has 9 heteroatoms. The SMILES string of the molecule is O=C1CCC(N2Cc3c(NC(=O)CCCCCNC(=O)C45CC6CC(CC(C6)C4)C5)cccc3C2=O)C(=O)N1. The van der Waals surface area contributed by atoms with Crippen LogP contribution in [0, 0.1) is 23.2 Å². The fourth-order valence-electron chi connectivity index (χ4n) is 8.28. The molecule has 9 nitrogen and oxygen atoms in total. The Kier molecular flexibility index (Phi) is 6.93. The van der Waals surface area contributed by atoms with Gasteiger partial charge in [0.25, 0.3) is 5.91 Å². The number of hydrogen-bond donors (Lipinski definition) is 3. The van der Waals surface area contributed by atoms with Crippen LogP contribution in [0.25, 0.3) is 0 Å². The third-order valence-corrected chi connectivity index (χ3v) is 9.74. The molecule has 4 aliphatic carbocycles. The first-order chi connectivity index (χ1) is 18.8. The molecule has 1 atom stereocenters. The number of nitrogens with one attached hydrogen (secondary N) is 3. The maximum atomic E-state index is 13.1. The summed E-state index contributed by atoms with van der Waals surface area (Å²) in [5, 5.41) is 8.47. The van der Waals surface area contributed by atoms with Crippen LogP contribution < -0.4 is 16.0 Å². The van der Waals surface area contributed by atoms with Gasteiger partial charge in [0.15, 0.2) is 0 Å². The second-order valence-corrected chi connectivity index (χ2v) is 12.5. The van der Waals surface area contributed by atoms with E-state index in [1.165, 1.54) is 24.2 Å². The van der Waals surface area contributed by atoms with Crippen molar-refractivity contribution in [3.8, 4) is 0 Å². The number of unbranched alkanes of at least 4 members (excludes halogenated alkanes) is 2. The van der Waals surface area contributed by atoms with Crippen LogP contribution in [0.3, 0.4) is 0 Å². The van der Waals surface area contributed by atoms with Crippen LogP contribution in [0.5, 0.6) is 0 Å². The largest absolute Gasteiger partial charge is 0.356 e. The maximum Gasteiger partial charge on any atom is 0.255 e. The van der Waals surface area contributed by atoms with Crippen LogP contribution in [0.15, 0.2) is 18.2 Å². The van der Waals surface area contributed by atoms with Gasteiger partial charge in [-0.3, -0.25) is 29.3 Å². The van der Waals surface area contributed by atoms with E-state index in [4.69, 9.17) is 0 Å². The van der Waals surface area contributed by atoms with Crippen molar-refractivity contribution in [1.82, 2.24) is 15.5 Å². The van der Waals surface area contributed by atoms with Crippen LogP contribution in [0.1, 0.15) is 93.0 Å². The number of imide groups is 1. The van der Waals surface area contributed by atoms with Crippen molar-refractivity contribution in [3.63, 3.8) is 0 Å². The Morgan fingerprint density at radius 2 is 1.69 bits per heavy atom. The van der Waals surface area contributed by atoms with Crippen molar-refractivity contribution in [3.05, 3.63) is 29.3 Å². The highest BCUT2D eigenvalue weighted by Crippen LogP contribution is 2.60. The molecule has 7 rings (SSSR count). The zero-order chi connectivity index (χ0) is 27.1. The van der Waals surface area contributed by atoms with Crippen LogP contribution in [0.4, 0.5) is 5.69 Å². The normalized spacial score (nSPS) is 30.8. The number of carbonyl (C=O) groups is 5. The van der Waals surface area contributed by atoms with Gasteiger partial charge in [-0.2, -0.15) is 0 Å². The van der Waals surface area contributed by atoms with E-state index in [2.05, 4.69) is 16.0 Å². The zero-order valence-corrected chi connectivity index (χ0v) is 22.4. The first kappa shape index (κ1) is 26.0. The van der Waals surface area contributed by atoms with Gasteiger partial charge in [-0.15, -0.1) is 0 Å². The fourth-order valence-corrected chi connectivity index (χ4v) is 8.28. The molecule has 5 amide bonds. The molecule has 1 unspecified atom stereocenters. The standard InChI is InChI=1S/C30H38N4O5/c35-25(7-2-1-3-10-31-29(39)30-14-18-11-19(15-30)13-20(12-18)16-30)32-23-6-4-5-21-22(23)17-34(28(21)38)24-8-9-26(36)33-27(24)37/h4-6,18-20,24H,1-3,7-17H2,(H,31,39)(H,32,35)(H,33,36,37). The highest BCUT2D eigenvalue weighted by Gasteiger charge is 2.54. The van der Waals surface area contributed by atoms with Gasteiger partial charge in [-0.05, 0) is 87.7 Å². The molecule has 208 valence electrons. The minimum atomic E-state index is -0.686. The lowest BCUT2D eigenvalue weighted by Gasteiger charge is -2.55. The number of benzene rings is 1. The number of fused-ring (bicyclic) bond motifs is 1. The van der Waals surface area contributed by atoms with E-state index in [9.17, 15) is 24.0 Å². The summed E-state index contributed by atoms with van der Waals surface area (Å²) in [6.07, 6.45) is 10.5. The van der Waals surface area contributed by atoms with Crippen molar-refractivity contribution >= 4 is 35.2 Å². The predicted octanol–water partition coefficient (Wildman–Crippen LogP) is 3.28. The monoisotopic (exact) mass is 534 g/mol. The van der Waals surface area contributed by atoms with Crippen LogP contribution in [-0.4, -0.2) is 47.0 Å². The van der Waals surface area contributed by atoms with E-state index in [-0.39, 0.29) is 42.0 Å². The van der Waals surface area contributed by atoms with Gasteiger partial charge in [-0.1, -0.05) is 12.5 Å². The summed E-state index contributed by atoms with van der Waals surface area (Å²) in [4.78, 5) is 64.0. The smallest absolute Gasteiger partial charge is 0.255 e. The Labute approximate surface area is 228 Å². The molecule has 6 aliphatic rings. The Morgan fingerprint density at radius 3 is 2.38 bits per heavy atom. The lowest BCUT2D eigenvalue weighted by Crippen LogP contribution is -2.53. The molecule has 2 heterocycles. The molecule has 0 aromatic heterocycles. The summed E-state index contributed by atoms with van der Waals surface area (Å²) in [7, 11) is 0. The molecule has 39 heavy (non-hydrogen) atoms. The summed E-state index contributed by atoms with van der Waals surface area (Å²) in [6, 6.07) is 4.52.